The molecule has 1 aliphatic carbocycles. The van der Waals surface area contributed by atoms with Crippen LogP contribution in [0.1, 0.15) is 31.2 Å². The topological polar surface area (TPSA) is 83.7 Å². The summed E-state index contributed by atoms with van der Waals surface area (Å²) in [5.41, 5.74) is 1.24. The number of anilines is 1. The Labute approximate surface area is 117 Å². The van der Waals surface area contributed by atoms with E-state index >= 15 is 0 Å². The maximum Gasteiger partial charge on any atom is 0.323 e. The van der Waals surface area contributed by atoms with Crippen molar-refractivity contribution in [3.8, 4) is 0 Å². The summed E-state index contributed by atoms with van der Waals surface area (Å²) in [4.78, 5) is 23.4. The van der Waals surface area contributed by atoms with Gasteiger partial charge in [-0.3, -0.25) is 14.9 Å². The fraction of sp³-hybridized carbons (Fsp3) is 0.500. The molecule has 0 atom stereocenters. The molecule has 1 fully saturated rings. The van der Waals surface area contributed by atoms with Crippen LogP contribution in [-0.2, 0) is 4.79 Å². The third-order valence-electron chi connectivity index (χ3n) is 3.79. The fourth-order valence-corrected chi connectivity index (χ4v) is 2.77. The van der Waals surface area contributed by atoms with Gasteiger partial charge in [0.25, 0.3) is 5.69 Å². The molecule has 0 bridgehead atoms. The van der Waals surface area contributed by atoms with E-state index in [1.165, 1.54) is 6.07 Å². The zero-order chi connectivity index (χ0) is 14.7. The lowest BCUT2D eigenvalue weighted by atomic mass is 10.1. The lowest BCUT2D eigenvalue weighted by Gasteiger charge is -2.29. The molecule has 1 N–H and O–H groups in total. The van der Waals surface area contributed by atoms with E-state index in [1.54, 1.807) is 24.0 Å². The van der Waals surface area contributed by atoms with Crippen molar-refractivity contribution in [1.29, 1.82) is 0 Å². The molecule has 0 saturated heterocycles. The zero-order valence-electron chi connectivity index (χ0n) is 11.4. The molecule has 108 valence electrons. The number of hydrogen-bond donors (Lipinski definition) is 1. The largest absolute Gasteiger partial charge is 0.480 e. The van der Waals surface area contributed by atoms with E-state index < -0.39 is 10.9 Å². The Morgan fingerprint density at radius 1 is 1.45 bits per heavy atom. The van der Waals surface area contributed by atoms with E-state index in [2.05, 4.69) is 0 Å². The predicted molar refractivity (Wildman–Crippen MR) is 75.1 cm³/mol. The van der Waals surface area contributed by atoms with Crippen LogP contribution >= 0.6 is 0 Å². The third kappa shape index (κ3) is 3.07. The van der Waals surface area contributed by atoms with Gasteiger partial charge in [-0.1, -0.05) is 18.9 Å². The van der Waals surface area contributed by atoms with Crippen molar-refractivity contribution in [3.63, 3.8) is 0 Å². The smallest absolute Gasteiger partial charge is 0.323 e. The molecule has 0 aromatic heterocycles. The summed E-state index contributed by atoms with van der Waals surface area (Å²) in [6, 6.07) is 5.09. The zero-order valence-corrected chi connectivity index (χ0v) is 11.4. The normalized spacial score (nSPS) is 15.2. The highest BCUT2D eigenvalue weighted by Gasteiger charge is 2.26. The van der Waals surface area contributed by atoms with Crippen LogP contribution in [0, 0.1) is 17.0 Å². The Balaban J connectivity index is 2.34. The number of nitro groups is 1. The van der Waals surface area contributed by atoms with Crippen molar-refractivity contribution < 1.29 is 14.8 Å². The molecule has 1 aromatic rings. The Bertz CT molecular complexity index is 524. The molecule has 0 heterocycles. The first kappa shape index (κ1) is 14.3. The summed E-state index contributed by atoms with van der Waals surface area (Å²) >= 11 is 0. The maximum atomic E-state index is 11.0. The van der Waals surface area contributed by atoms with Gasteiger partial charge in [0.15, 0.2) is 0 Å². The van der Waals surface area contributed by atoms with Crippen LogP contribution in [0.25, 0.3) is 0 Å². The van der Waals surface area contributed by atoms with Gasteiger partial charge in [-0.25, -0.2) is 0 Å². The molecule has 6 nitrogen and oxygen atoms in total. The second-order valence-corrected chi connectivity index (χ2v) is 5.19. The number of aliphatic carboxylic acids is 1. The number of rotatable bonds is 5. The van der Waals surface area contributed by atoms with Crippen molar-refractivity contribution in [3.05, 3.63) is 33.9 Å². The minimum absolute atomic E-state index is 0.0379. The monoisotopic (exact) mass is 278 g/mol. The molecular formula is C14H18N2O4. The van der Waals surface area contributed by atoms with Gasteiger partial charge < -0.3 is 10.0 Å². The summed E-state index contributed by atoms with van der Waals surface area (Å²) in [5.74, 6) is -0.917. The first-order valence-corrected chi connectivity index (χ1v) is 6.72. The van der Waals surface area contributed by atoms with E-state index in [4.69, 9.17) is 5.11 Å². The van der Waals surface area contributed by atoms with Crippen LogP contribution in [0.3, 0.4) is 0 Å². The average Bonchev–Trinajstić information content (AvgIpc) is 2.90. The molecule has 0 amide bonds. The summed E-state index contributed by atoms with van der Waals surface area (Å²) in [6.45, 7) is 1.56. The van der Waals surface area contributed by atoms with Crippen molar-refractivity contribution in [2.45, 2.75) is 38.6 Å². The molecule has 0 aliphatic heterocycles. The molecule has 1 aromatic carbocycles. The average molecular weight is 278 g/mol. The Kier molecular flexibility index (Phi) is 4.22. The summed E-state index contributed by atoms with van der Waals surface area (Å²) in [5, 5.41) is 20.1. The lowest BCUT2D eigenvalue weighted by molar-refractivity contribution is -0.385. The molecule has 0 radical (unpaired) electrons. The predicted octanol–water partition coefficient (Wildman–Crippen LogP) is 2.74. The van der Waals surface area contributed by atoms with Crippen molar-refractivity contribution in [2.24, 2.45) is 0 Å². The van der Waals surface area contributed by atoms with Crippen LogP contribution in [-0.4, -0.2) is 28.6 Å². The Hall–Kier alpha value is -2.11. The van der Waals surface area contributed by atoms with Gasteiger partial charge in [-0.2, -0.15) is 0 Å². The van der Waals surface area contributed by atoms with Gasteiger partial charge in [-0.15, -0.1) is 0 Å². The number of benzene rings is 1. The van der Waals surface area contributed by atoms with Crippen LogP contribution in [0.5, 0.6) is 0 Å². The van der Waals surface area contributed by atoms with Gasteiger partial charge in [0.1, 0.15) is 6.54 Å². The van der Waals surface area contributed by atoms with E-state index in [-0.39, 0.29) is 18.3 Å². The molecule has 2 rings (SSSR count). The number of hydrogen-bond acceptors (Lipinski definition) is 4. The lowest BCUT2D eigenvalue weighted by Crippen LogP contribution is -2.37. The van der Waals surface area contributed by atoms with Crippen molar-refractivity contribution in [2.75, 3.05) is 11.4 Å². The van der Waals surface area contributed by atoms with Crippen LogP contribution < -0.4 is 4.90 Å². The standard InChI is InChI=1S/C14H18N2O4/c1-10-6-7-12(8-13(10)16(19)20)15(9-14(17)18)11-4-2-3-5-11/h6-8,11H,2-5,9H2,1H3,(H,17,18). The third-order valence-corrected chi connectivity index (χ3v) is 3.79. The van der Waals surface area contributed by atoms with E-state index in [0.29, 0.717) is 11.3 Å². The van der Waals surface area contributed by atoms with Crippen molar-refractivity contribution in [1.82, 2.24) is 0 Å². The highest BCUT2D eigenvalue weighted by Crippen LogP contribution is 2.31. The summed E-state index contributed by atoms with van der Waals surface area (Å²) in [6.07, 6.45) is 4.04. The van der Waals surface area contributed by atoms with Gasteiger partial charge >= 0.3 is 5.97 Å². The fourth-order valence-electron chi connectivity index (χ4n) is 2.77. The van der Waals surface area contributed by atoms with Crippen LogP contribution in [0.2, 0.25) is 0 Å². The molecule has 20 heavy (non-hydrogen) atoms. The van der Waals surface area contributed by atoms with Gasteiger partial charge in [-0.05, 0) is 25.8 Å². The minimum Gasteiger partial charge on any atom is -0.480 e. The number of carbonyl (C=O) groups is 1. The molecule has 0 unspecified atom stereocenters. The summed E-state index contributed by atoms with van der Waals surface area (Å²) in [7, 11) is 0. The molecule has 1 saturated carbocycles. The quantitative estimate of drug-likeness (QED) is 0.661. The van der Waals surface area contributed by atoms with Crippen LogP contribution in [0.15, 0.2) is 18.2 Å². The second kappa shape index (κ2) is 5.90. The number of carboxylic acids is 1. The highest BCUT2D eigenvalue weighted by molar-refractivity contribution is 5.74. The number of carboxylic acid groups (broad SMARTS) is 1. The van der Waals surface area contributed by atoms with E-state index in [1.807, 2.05) is 0 Å². The molecular weight excluding hydrogens is 260 g/mol. The molecule has 1 aliphatic rings. The number of nitrogens with zero attached hydrogens (tertiary/aromatic N) is 2. The maximum absolute atomic E-state index is 11.0. The van der Waals surface area contributed by atoms with Gasteiger partial charge in [0, 0.05) is 23.4 Å². The first-order chi connectivity index (χ1) is 9.49. The Morgan fingerprint density at radius 2 is 2.10 bits per heavy atom. The van der Waals surface area contributed by atoms with Gasteiger partial charge in [0.05, 0.1) is 4.92 Å². The van der Waals surface area contributed by atoms with E-state index in [9.17, 15) is 14.9 Å². The molecule has 0 spiro atoms. The van der Waals surface area contributed by atoms with E-state index in [0.717, 1.165) is 25.7 Å². The molecule has 6 heteroatoms. The van der Waals surface area contributed by atoms with Gasteiger partial charge in [0.2, 0.25) is 0 Å². The Morgan fingerprint density at radius 3 is 2.65 bits per heavy atom. The number of nitro benzene ring substituents is 1. The SMILES string of the molecule is Cc1ccc(N(CC(=O)O)C2CCCC2)cc1[N+](=O)[O-]. The minimum atomic E-state index is -0.917. The second-order valence-electron chi connectivity index (χ2n) is 5.19. The summed E-state index contributed by atoms with van der Waals surface area (Å²) < 4.78 is 0. The highest BCUT2D eigenvalue weighted by atomic mass is 16.6. The van der Waals surface area contributed by atoms with Crippen LogP contribution in [0.4, 0.5) is 11.4 Å². The van der Waals surface area contributed by atoms with Crippen molar-refractivity contribution >= 4 is 17.3 Å². The number of aryl methyl sites for hydroxylation is 1. The first-order valence-electron chi connectivity index (χ1n) is 6.72.